The van der Waals surface area contributed by atoms with Gasteiger partial charge >= 0.3 is 0 Å². The number of hydrogen-bond acceptors (Lipinski definition) is 4. The first-order valence-corrected chi connectivity index (χ1v) is 11.5. The fraction of sp³-hybridized carbons (Fsp3) is 0.154. The lowest BCUT2D eigenvalue weighted by Gasteiger charge is -2.15. The number of ether oxygens (including phenoxy) is 2. The predicted molar refractivity (Wildman–Crippen MR) is 137 cm³/mol. The molecule has 0 heterocycles. The molecule has 1 N–H and O–H groups in total. The molecule has 0 radical (unpaired) electrons. The first-order chi connectivity index (χ1) is 16.3. The van der Waals surface area contributed by atoms with Crippen LogP contribution in [0.4, 0.5) is 5.69 Å². The van der Waals surface area contributed by atoms with E-state index in [4.69, 9.17) is 44.3 Å². The number of aryl methyl sites for hydroxylation is 1. The third kappa shape index (κ3) is 6.68. The quantitative estimate of drug-likeness (QED) is 0.249. The number of benzene rings is 3. The van der Waals surface area contributed by atoms with Crippen molar-refractivity contribution in [3.8, 4) is 17.6 Å². The molecule has 0 bridgehead atoms. The minimum Gasteiger partial charge on any atom is -0.490 e. The van der Waals surface area contributed by atoms with E-state index in [2.05, 4.69) is 5.32 Å². The van der Waals surface area contributed by atoms with Crippen molar-refractivity contribution < 1.29 is 14.3 Å². The molecule has 0 unspecified atom stereocenters. The zero-order valence-electron chi connectivity index (χ0n) is 18.5. The Morgan fingerprint density at radius 3 is 2.53 bits per heavy atom. The predicted octanol–water partition coefficient (Wildman–Crippen LogP) is 7.48. The number of carbonyl (C=O) groups is 1. The van der Waals surface area contributed by atoms with Gasteiger partial charge < -0.3 is 14.8 Å². The highest BCUT2D eigenvalue weighted by Gasteiger charge is 2.15. The van der Waals surface area contributed by atoms with Crippen LogP contribution < -0.4 is 14.8 Å². The summed E-state index contributed by atoms with van der Waals surface area (Å²) in [7, 11) is 0. The Kier molecular flexibility index (Phi) is 8.84. The molecule has 3 rings (SSSR count). The molecule has 0 atom stereocenters. The molecular formula is C26H21Cl3N2O3. The summed E-state index contributed by atoms with van der Waals surface area (Å²) in [5.41, 5.74) is 2.75. The van der Waals surface area contributed by atoms with Gasteiger partial charge in [0.15, 0.2) is 11.5 Å². The molecule has 1 amide bonds. The van der Waals surface area contributed by atoms with Crippen LogP contribution >= 0.6 is 34.8 Å². The highest BCUT2D eigenvalue weighted by Crippen LogP contribution is 2.38. The zero-order chi connectivity index (χ0) is 24.7. The lowest BCUT2D eigenvalue weighted by Crippen LogP contribution is -2.13. The number of anilines is 1. The van der Waals surface area contributed by atoms with Crippen molar-refractivity contribution in [2.45, 2.75) is 20.5 Å². The van der Waals surface area contributed by atoms with Gasteiger partial charge in [-0.2, -0.15) is 5.26 Å². The van der Waals surface area contributed by atoms with E-state index in [1.807, 2.05) is 38.1 Å². The fourth-order valence-corrected chi connectivity index (χ4v) is 3.84. The standard InChI is InChI=1S/C26H21Cl3N2O3/c1-3-33-24-12-17(10-19(14-30)26(32)31-21-6-4-5-16(2)9-21)11-23(29)25(24)34-15-18-7-8-20(27)13-22(18)28/h4-13H,3,15H2,1-2H3,(H,31,32)/b19-10+. The van der Waals surface area contributed by atoms with E-state index in [1.165, 1.54) is 6.08 Å². The third-order valence-electron chi connectivity index (χ3n) is 4.67. The minimum absolute atomic E-state index is 0.0818. The second-order valence-electron chi connectivity index (χ2n) is 7.28. The van der Waals surface area contributed by atoms with Crippen LogP contribution in [0, 0.1) is 18.3 Å². The van der Waals surface area contributed by atoms with Gasteiger partial charge in [-0.05, 0) is 67.4 Å². The Morgan fingerprint density at radius 2 is 1.85 bits per heavy atom. The van der Waals surface area contributed by atoms with E-state index in [0.29, 0.717) is 39.4 Å². The second-order valence-corrected chi connectivity index (χ2v) is 8.53. The van der Waals surface area contributed by atoms with Crippen molar-refractivity contribution in [3.63, 3.8) is 0 Å². The molecule has 0 aliphatic rings. The van der Waals surface area contributed by atoms with Crippen molar-refractivity contribution in [3.05, 3.63) is 91.9 Å². The molecular weight excluding hydrogens is 495 g/mol. The van der Waals surface area contributed by atoms with Gasteiger partial charge in [0.1, 0.15) is 18.2 Å². The molecule has 0 saturated heterocycles. The van der Waals surface area contributed by atoms with Crippen molar-refractivity contribution in [1.29, 1.82) is 5.26 Å². The van der Waals surface area contributed by atoms with E-state index in [0.717, 1.165) is 11.1 Å². The van der Waals surface area contributed by atoms with Gasteiger partial charge in [-0.3, -0.25) is 4.79 Å². The Morgan fingerprint density at radius 1 is 1.06 bits per heavy atom. The maximum atomic E-state index is 12.6. The number of rotatable bonds is 8. The van der Waals surface area contributed by atoms with Gasteiger partial charge in [-0.25, -0.2) is 0 Å². The first-order valence-electron chi connectivity index (χ1n) is 10.3. The van der Waals surface area contributed by atoms with Crippen LogP contribution in [0.5, 0.6) is 11.5 Å². The van der Waals surface area contributed by atoms with E-state index in [9.17, 15) is 10.1 Å². The molecule has 0 spiro atoms. The van der Waals surface area contributed by atoms with Gasteiger partial charge in [0.05, 0.1) is 11.6 Å². The topological polar surface area (TPSA) is 71.3 Å². The Balaban J connectivity index is 1.86. The summed E-state index contributed by atoms with van der Waals surface area (Å²) in [6.07, 6.45) is 1.44. The van der Waals surface area contributed by atoms with Crippen molar-refractivity contribution in [2.24, 2.45) is 0 Å². The van der Waals surface area contributed by atoms with Gasteiger partial charge in [0.2, 0.25) is 0 Å². The second kappa shape index (κ2) is 11.8. The van der Waals surface area contributed by atoms with Crippen LogP contribution in [0.2, 0.25) is 15.1 Å². The molecule has 174 valence electrons. The number of halogens is 3. The highest BCUT2D eigenvalue weighted by atomic mass is 35.5. The van der Waals surface area contributed by atoms with Crippen molar-refractivity contribution >= 4 is 52.5 Å². The molecule has 3 aromatic carbocycles. The molecule has 34 heavy (non-hydrogen) atoms. The van der Waals surface area contributed by atoms with E-state index in [1.54, 1.807) is 36.4 Å². The summed E-state index contributed by atoms with van der Waals surface area (Å²) in [5.74, 6) is 0.178. The molecule has 0 fully saturated rings. The lowest BCUT2D eigenvalue weighted by molar-refractivity contribution is -0.112. The fourth-order valence-electron chi connectivity index (χ4n) is 3.10. The largest absolute Gasteiger partial charge is 0.490 e. The van der Waals surface area contributed by atoms with Gasteiger partial charge in [0, 0.05) is 21.3 Å². The van der Waals surface area contributed by atoms with Crippen molar-refractivity contribution in [1.82, 2.24) is 0 Å². The van der Waals surface area contributed by atoms with Crippen LogP contribution in [-0.4, -0.2) is 12.5 Å². The van der Waals surface area contributed by atoms with Crippen LogP contribution in [0.15, 0.2) is 60.2 Å². The third-order valence-corrected chi connectivity index (χ3v) is 5.54. The van der Waals surface area contributed by atoms with Gasteiger partial charge in [-0.15, -0.1) is 0 Å². The van der Waals surface area contributed by atoms with E-state index < -0.39 is 5.91 Å². The highest BCUT2D eigenvalue weighted by molar-refractivity contribution is 6.35. The van der Waals surface area contributed by atoms with E-state index >= 15 is 0 Å². The number of nitrogens with zero attached hydrogens (tertiary/aromatic N) is 1. The average Bonchev–Trinajstić information content (AvgIpc) is 2.78. The molecule has 0 aliphatic heterocycles. The molecule has 0 saturated carbocycles. The van der Waals surface area contributed by atoms with Gasteiger partial charge in [0.25, 0.3) is 5.91 Å². The normalized spacial score (nSPS) is 11.0. The molecule has 0 aliphatic carbocycles. The minimum atomic E-state index is -0.528. The Labute approximate surface area is 213 Å². The van der Waals surface area contributed by atoms with Crippen LogP contribution in [0.25, 0.3) is 6.08 Å². The summed E-state index contributed by atoms with van der Waals surface area (Å²) in [6.45, 7) is 4.25. The summed E-state index contributed by atoms with van der Waals surface area (Å²) in [5, 5.41) is 13.5. The van der Waals surface area contributed by atoms with Crippen LogP contribution in [-0.2, 0) is 11.4 Å². The Bertz CT molecular complexity index is 1280. The van der Waals surface area contributed by atoms with Gasteiger partial charge in [-0.1, -0.05) is 53.0 Å². The zero-order valence-corrected chi connectivity index (χ0v) is 20.8. The summed E-state index contributed by atoms with van der Waals surface area (Å²) >= 11 is 18.7. The number of nitriles is 1. The number of nitrogens with one attached hydrogen (secondary N) is 1. The summed E-state index contributed by atoms with van der Waals surface area (Å²) < 4.78 is 11.6. The SMILES string of the molecule is CCOc1cc(/C=C(\C#N)C(=O)Nc2cccc(C)c2)cc(Cl)c1OCc1ccc(Cl)cc1Cl. The average molecular weight is 516 g/mol. The summed E-state index contributed by atoms with van der Waals surface area (Å²) in [6, 6.07) is 17.6. The number of carbonyl (C=O) groups excluding carboxylic acids is 1. The first kappa shape index (κ1) is 25.5. The molecule has 8 heteroatoms. The monoisotopic (exact) mass is 514 g/mol. The maximum absolute atomic E-state index is 12.6. The summed E-state index contributed by atoms with van der Waals surface area (Å²) in [4.78, 5) is 12.6. The molecule has 5 nitrogen and oxygen atoms in total. The number of amides is 1. The Hall–Kier alpha value is -3.17. The smallest absolute Gasteiger partial charge is 0.266 e. The van der Waals surface area contributed by atoms with Crippen LogP contribution in [0.3, 0.4) is 0 Å². The van der Waals surface area contributed by atoms with E-state index in [-0.39, 0.29) is 17.2 Å². The number of hydrogen-bond donors (Lipinski definition) is 1. The maximum Gasteiger partial charge on any atom is 0.266 e. The lowest BCUT2D eigenvalue weighted by atomic mass is 10.1. The molecule has 0 aromatic heterocycles. The molecule has 3 aromatic rings. The van der Waals surface area contributed by atoms with Crippen molar-refractivity contribution in [2.75, 3.05) is 11.9 Å². The van der Waals surface area contributed by atoms with Crippen LogP contribution in [0.1, 0.15) is 23.6 Å².